The lowest BCUT2D eigenvalue weighted by molar-refractivity contribution is -0.158. The molecule has 5 nitrogen and oxygen atoms in total. The summed E-state index contributed by atoms with van der Waals surface area (Å²) in [6, 6.07) is 0. The Morgan fingerprint density at radius 2 is 1.76 bits per heavy atom. The molecular formula is C16H29NO4. The van der Waals surface area contributed by atoms with Gasteiger partial charge in [-0.3, -0.25) is 4.79 Å². The Hall–Kier alpha value is -1.62. The third kappa shape index (κ3) is 18.4. The van der Waals surface area contributed by atoms with Crippen LogP contribution in [0.25, 0.3) is 0 Å². The molecule has 0 rings (SSSR count). The first-order chi connectivity index (χ1) is 9.84. The maximum absolute atomic E-state index is 10.6. The van der Waals surface area contributed by atoms with Crippen molar-refractivity contribution in [3.8, 4) is 0 Å². The molecule has 0 aromatic heterocycles. The minimum absolute atomic E-state index is 0.353. The van der Waals surface area contributed by atoms with Crippen LogP contribution in [-0.4, -0.2) is 23.3 Å². The zero-order chi connectivity index (χ0) is 16.7. The van der Waals surface area contributed by atoms with E-state index in [-0.39, 0.29) is 5.91 Å². The molecule has 0 saturated heterocycles. The van der Waals surface area contributed by atoms with E-state index in [1.807, 2.05) is 0 Å². The molecule has 1 amide bonds. The lowest BCUT2D eigenvalue weighted by Crippen LogP contribution is -2.12. The van der Waals surface area contributed by atoms with Crippen molar-refractivity contribution in [3.05, 3.63) is 24.8 Å². The maximum Gasteiger partial charge on any atom is 0.332 e. The van der Waals surface area contributed by atoms with Crippen molar-refractivity contribution in [3.63, 3.8) is 0 Å². The fourth-order valence-electron chi connectivity index (χ4n) is 1.46. The number of rotatable bonds is 10. The van der Waals surface area contributed by atoms with Crippen LogP contribution in [0.4, 0.5) is 0 Å². The van der Waals surface area contributed by atoms with E-state index in [9.17, 15) is 9.59 Å². The van der Waals surface area contributed by atoms with Gasteiger partial charge in [0.15, 0.2) is 6.29 Å². The molecule has 0 aliphatic rings. The summed E-state index contributed by atoms with van der Waals surface area (Å²) in [5.74, 6) is -0.964. The first-order valence-electron chi connectivity index (χ1n) is 7.33. The summed E-state index contributed by atoms with van der Waals surface area (Å²) < 4.78 is 4.20. The van der Waals surface area contributed by atoms with E-state index >= 15 is 0 Å². The van der Waals surface area contributed by atoms with E-state index in [0.29, 0.717) is 5.57 Å². The van der Waals surface area contributed by atoms with Crippen LogP contribution in [-0.2, 0) is 14.3 Å². The maximum atomic E-state index is 10.6. The highest BCUT2D eigenvalue weighted by Gasteiger charge is 2.00. The van der Waals surface area contributed by atoms with Gasteiger partial charge in [0.1, 0.15) is 0 Å². The van der Waals surface area contributed by atoms with Crippen LogP contribution in [0.15, 0.2) is 24.8 Å². The highest BCUT2D eigenvalue weighted by molar-refractivity contribution is 5.91. The van der Waals surface area contributed by atoms with Gasteiger partial charge in [0.05, 0.1) is 0 Å². The third-order valence-corrected chi connectivity index (χ3v) is 2.63. The molecule has 0 aromatic rings. The van der Waals surface area contributed by atoms with E-state index in [1.165, 1.54) is 39.0 Å². The number of aliphatic hydroxyl groups excluding tert-OH is 1. The lowest BCUT2D eigenvalue weighted by Gasteiger charge is -2.01. The van der Waals surface area contributed by atoms with E-state index in [1.54, 1.807) is 0 Å². The second-order valence-electron chi connectivity index (χ2n) is 4.73. The summed E-state index contributed by atoms with van der Waals surface area (Å²) in [5, 5.41) is 8.36. The molecule has 0 bridgehead atoms. The Balaban J connectivity index is 0. The number of carbonyl (C=O) groups is 2. The Bertz CT molecular complexity index is 324. The summed E-state index contributed by atoms with van der Waals surface area (Å²) in [7, 11) is 0. The van der Waals surface area contributed by atoms with E-state index in [0.717, 1.165) is 18.9 Å². The number of primary amides is 1. The van der Waals surface area contributed by atoms with Gasteiger partial charge in [-0.25, -0.2) is 4.79 Å². The van der Waals surface area contributed by atoms with E-state index in [2.05, 4.69) is 24.8 Å². The van der Waals surface area contributed by atoms with Gasteiger partial charge in [-0.2, -0.15) is 0 Å². The van der Waals surface area contributed by atoms with E-state index < -0.39 is 12.3 Å². The normalized spacial score (nSPS) is 10.8. The van der Waals surface area contributed by atoms with Gasteiger partial charge in [0.25, 0.3) is 0 Å². The smallest absolute Gasteiger partial charge is 0.332 e. The first kappa shape index (κ1) is 21.7. The summed E-state index contributed by atoms with van der Waals surface area (Å²) in [6.45, 7) is 10.3. The third-order valence-electron chi connectivity index (χ3n) is 2.63. The molecule has 1 unspecified atom stereocenters. The highest BCUT2D eigenvalue weighted by atomic mass is 16.6. The van der Waals surface area contributed by atoms with Crippen LogP contribution in [0.1, 0.15) is 58.8 Å². The Labute approximate surface area is 127 Å². The molecule has 1 atom stereocenters. The number of ether oxygens (including phenoxy) is 1. The lowest BCUT2D eigenvalue weighted by atomic mass is 10.1. The number of hydrogen-bond donors (Lipinski definition) is 2. The number of hydrogen-bond acceptors (Lipinski definition) is 4. The van der Waals surface area contributed by atoms with Crippen molar-refractivity contribution in [2.45, 2.75) is 65.1 Å². The highest BCUT2D eigenvalue weighted by Crippen LogP contribution is 2.10. The van der Waals surface area contributed by atoms with Crippen LogP contribution in [0.5, 0.6) is 0 Å². The summed E-state index contributed by atoms with van der Waals surface area (Å²) in [4.78, 5) is 20.7. The van der Waals surface area contributed by atoms with Crippen LogP contribution in [0.2, 0.25) is 0 Å². The fraction of sp³-hybridized carbons (Fsp3) is 0.625. The van der Waals surface area contributed by atoms with Crippen LogP contribution in [0, 0.1) is 0 Å². The molecule has 0 aliphatic carbocycles. The predicted molar refractivity (Wildman–Crippen MR) is 84.3 cm³/mol. The topological polar surface area (TPSA) is 89.6 Å². The minimum atomic E-state index is -1.04. The summed E-state index contributed by atoms with van der Waals surface area (Å²) in [6.07, 6.45) is 8.11. The molecule has 0 aliphatic heterocycles. The molecule has 0 heterocycles. The second kappa shape index (κ2) is 14.8. The fourth-order valence-corrected chi connectivity index (χ4v) is 1.46. The standard InChI is InChI=1S/C11H21NO.C5H8O3/c1-3-4-5-6-7-8-9-10(2)11(12)13;1-3-5(7)8-4(2)6/h2-9H2,1H3,(H2,12,13);3-4,6H,1H2,2H3. The van der Waals surface area contributed by atoms with Gasteiger partial charge in [-0.15, -0.1) is 0 Å². The number of unbranched alkanes of at least 4 members (excludes halogenated alkanes) is 5. The van der Waals surface area contributed by atoms with Gasteiger partial charge in [0, 0.05) is 11.6 Å². The summed E-state index contributed by atoms with van der Waals surface area (Å²) >= 11 is 0. The molecule has 0 fully saturated rings. The van der Waals surface area contributed by atoms with Crippen LogP contribution >= 0.6 is 0 Å². The molecule has 0 aromatic carbocycles. The van der Waals surface area contributed by atoms with Crippen molar-refractivity contribution >= 4 is 11.9 Å². The van der Waals surface area contributed by atoms with E-state index in [4.69, 9.17) is 10.8 Å². The van der Waals surface area contributed by atoms with Crippen molar-refractivity contribution in [1.82, 2.24) is 0 Å². The minimum Gasteiger partial charge on any atom is -0.433 e. The molecular weight excluding hydrogens is 270 g/mol. The van der Waals surface area contributed by atoms with Crippen LogP contribution in [0.3, 0.4) is 0 Å². The Morgan fingerprint density at radius 3 is 2.14 bits per heavy atom. The summed E-state index contributed by atoms with van der Waals surface area (Å²) in [5.41, 5.74) is 5.63. The molecule has 0 spiro atoms. The average Bonchev–Trinajstić information content (AvgIpc) is 2.42. The SMILES string of the molecule is C=C(CCCCCCCC)C(N)=O.C=CC(=O)OC(C)O. The van der Waals surface area contributed by atoms with Crippen LogP contribution < -0.4 is 5.73 Å². The molecule has 21 heavy (non-hydrogen) atoms. The number of amides is 1. The molecule has 3 N–H and O–H groups in total. The average molecular weight is 299 g/mol. The molecule has 5 heteroatoms. The van der Waals surface area contributed by atoms with Gasteiger partial charge < -0.3 is 15.6 Å². The molecule has 0 saturated carbocycles. The van der Waals surface area contributed by atoms with Gasteiger partial charge in [-0.1, -0.05) is 52.2 Å². The largest absolute Gasteiger partial charge is 0.433 e. The van der Waals surface area contributed by atoms with Gasteiger partial charge in [0.2, 0.25) is 5.91 Å². The number of aliphatic hydroxyl groups is 1. The quantitative estimate of drug-likeness (QED) is 0.281. The van der Waals surface area contributed by atoms with Gasteiger partial charge >= 0.3 is 5.97 Å². The first-order valence-corrected chi connectivity index (χ1v) is 7.33. The van der Waals surface area contributed by atoms with Crippen molar-refractivity contribution < 1.29 is 19.4 Å². The van der Waals surface area contributed by atoms with Crippen molar-refractivity contribution in [1.29, 1.82) is 0 Å². The monoisotopic (exact) mass is 299 g/mol. The zero-order valence-corrected chi connectivity index (χ0v) is 13.3. The Morgan fingerprint density at radius 1 is 1.24 bits per heavy atom. The predicted octanol–water partition coefficient (Wildman–Crippen LogP) is 2.83. The number of nitrogens with two attached hydrogens (primary N) is 1. The van der Waals surface area contributed by atoms with Crippen molar-refractivity contribution in [2.24, 2.45) is 5.73 Å². The van der Waals surface area contributed by atoms with Crippen molar-refractivity contribution in [2.75, 3.05) is 0 Å². The zero-order valence-electron chi connectivity index (χ0n) is 13.3. The number of esters is 1. The Kier molecular flexibility index (Phi) is 15.3. The van der Waals surface area contributed by atoms with Gasteiger partial charge in [-0.05, 0) is 19.8 Å². The molecule has 122 valence electrons. The molecule has 0 radical (unpaired) electrons. The number of carbonyl (C=O) groups excluding carboxylic acids is 2. The second-order valence-corrected chi connectivity index (χ2v) is 4.73.